The van der Waals surface area contributed by atoms with Crippen molar-refractivity contribution in [3.8, 4) is 0 Å². The van der Waals surface area contributed by atoms with Crippen molar-refractivity contribution in [3.05, 3.63) is 21.4 Å². The van der Waals surface area contributed by atoms with E-state index in [2.05, 4.69) is 13.0 Å². The molecule has 1 rings (SSSR count). The molecule has 1 aromatic heterocycles. The molecule has 0 radical (unpaired) electrons. The fourth-order valence-corrected chi connectivity index (χ4v) is 2.90. The van der Waals surface area contributed by atoms with Gasteiger partial charge in [-0.2, -0.15) is 0 Å². The molecule has 0 unspecified atom stereocenters. The fourth-order valence-electron chi connectivity index (χ4n) is 1.77. The third kappa shape index (κ3) is 2.35. The summed E-state index contributed by atoms with van der Waals surface area (Å²) in [6, 6.07) is 2.11. The topological polar surface area (TPSA) is 37.3 Å². The summed E-state index contributed by atoms with van der Waals surface area (Å²) in [5.74, 6) is -0.736. The predicted octanol–water partition coefficient (Wildman–Crippen LogP) is 3.12. The lowest BCUT2D eigenvalue weighted by atomic mass is 9.86. The molecule has 1 aromatic rings. The van der Waals surface area contributed by atoms with Crippen LogP contribution < -0.4 is 0 Å². The van der Waals surface area contributed by atoms with E-state index in [-0.39, 0.29) is 11.8 Å². The van der Waals surface area contributed by atoms with Gasteiger partial charge in [-0.3, -0.25) is 4.79 Å². The van der Waals surface area contributed by atoms with E-state index >= 15 is 0 Å². The minimum absolute atomic E-state index is 0.188. The lowest BCUT2D eigenvalue weighted by Crippen LogP contribution is -2.21. The van der Waals surface area contributed by atoms with Crippen molar-refractivity contribution in [1.82, 2.24) is 0 Å². The van der Waals surface area contributed by atoms with Crippen molar-refractivity contribution < 1.29 is 9.90 Å². The zero-order chi connectivity index (χ0) is 10.9. The van der Waals surface area contributed by atoms with Crippen LogP contribution in [0.25, 0.3) is 0 Å². The Kier molecular flexibility index (Phi) is 3.00. The number of carboxylic acids is 1. The summed E-state index contributed by atoms with van der Waals surface area (Å²) < 4.78 is 0. The van der Waals surface area contributed by atoms with Crippen LogP contribution in [0.15, 0.2) is 6.07 Å². The molecule has 0 aliphatic rings. The van der Waals surface area contributed by atoms with Gasteiger partial charge in [0, 0.05) is 15.2 Å². The summed E-state index contributed by atoms with van der Waals surface area (Å²) in [5, 5.41) is 8.81. The molecule has 2 nitrogen and oxygen atoms in total. The van der Waals surface area contributed by atoms with Crippen LogP contribution in [0.4, 0.5) is 0 Å². The van der Waals surface area contributed by atoms with Crippen molar-refractivity contribution in [2.75, 3.05) is 0 Å². The van der Waals surface area contributed by atoms with Gasteiger partial charge in [-0.1, -0.05) is 13.8 Å². The van der Waals surface area contributed by atoms with Crippen LogP contribution in [-0.2, 0) is 10.2 Å². The number of aryl methyl sites for hydroxylation is 2. The van der Waals surface area contributed by atoms with Gasteiger partial charge >= 0.3 is 5.97 Å². The van der Waals surface area contributed by atoms with Gasteiger partial charge in [0.15, 0.2) is 0 Å². The van der Waals surface area contributed by atoms with Gasteiger partial charge in [0.1, 0.15) is 0 Å². The lowest BCUT2D eigenvalue weighted by Gasteiger charge is -2.21. The van der Waals surface area contributed by atoms with E-state index in [4.69, 9.17) is 5.11 Å². The zero-order valence-corrected chi connectivity index (χ0v) is 9.86. The number of carbonyl (C=O) groups is 1. The molecule has 14 heavy (non-hydrogen) atoms. The first kappa shape index (κ1) is 11.2. The van der Waals surface area contributed by atoms with Crippen LogP contribution >= 0.6 is 11.3 Å². The highest BCUT2D eigenvalue weighted by atomic mass is 32.1. The van der Waals surface area contributed by atoms with Crippen molar-refractivity contribution in [2.24, 2.45) is 0 Å². The maximum Gasteiger partial charge on any atom is 0.304 e. The largest absolute Gasteiger partial charge is 0.481 e. The van der Waals surface area contributed by atoms with E-state index in [0.717, 1.165) is 0 Å². The maximum atomic E-state index is 10.7. The Morgan fingerprint density at radius 1 is 1.50 bits per heavy atom. The van der Waals surface area contributed by atoms with Crippen LogP contribution in [0.1, 0.15) is 35.6 Å². The third-order valence-corrected chi connectivity index (χ3v) is 3.77. The molecule has 1 heterocycles. The highest BCUT2D eigenvalue weighted by molar-refractivity contribution is 7.12. The van der Waals surface area contributed by atoms with Gasteiger partial charge in [-0.25, -0.2) is 0 Å². The summed E-state index contributed by atoms with van der Waals surface area (Å²) in [6.45, 7) is 8.07. The summed E-state index contributed by atoms with van der Waals surface area (Å²) in [7, 11) is 0. The van der Waals surface area contributed by atoms with Crippen molar-refractivity contribution >= 4 is 17.3 Å². The molecule has 0 aromatic carbocycles. The lowest BCUT2D eigenvalue weighted by molar-refractivity contribution is -0.138. The molecule has 1 N–H and O–H groups in total. The second-order valence-electron chi connectivity index (χ2n) is 4.32. The third-order valence-electron chi connectivity index (χ3n) is 2.25. The second-order valence-corrected chi connectivity index (χ2v) is 5.58. The smallest absolute Gasteiger partial charge is 0.304 e. The quantitative estimate of drug-likeness (QED) is 0.835. The molecule has 0 amide bonds. The number of hydrogen-bond acceptors (Lipinski definition) is 2. The molecule has 78 valence electrons. The Bertz CT molecular complexity index is 350. The van der Waals surface area contributed by atoms with Crippen molar-refractivity contribution in [1.29, 1.82) is 0 Å². The highest BCUT2D eigenvalue weighted by Gasteiger charge is 2.27. The normalized spacial score (nSPS) is 11.7. The average Bonchev–Trinajstić information content (AvgIpc) is 2.27. The van der Waals surface area contributed by atoms with E-state index in [1.54, 1.807) is 11.3 Å². The van der Waals surface area contributed by atoms with E-state index in [1.165, 1.54) is 15.3 Å². The van der Waals surface area contributed by atoms with Gasteiger partial charge in [0.25, 0.3) is 0 Å². The van der Waals surface area contributed by atoms with E-state index in [1.807, 2.05) is 20.8 Å². The summed E-state index contributed by atoms with van der Waals surface area (Å²) >= 11 is 1.70. The Morgan fingerprint density at radius 3 is 2.43 bits per heavy atom. The molecule has 0 aliphatic carbocycles. The van der Waals surface area contributed by atoms with Gasteiger partial charge in [-0.05, 0) is 25.5 Å². The van der Waals surface area contributed by atoms with Crippen molar-refractivity contribution in [2.45, 2.75) is 39.5 Å². The minimum atomic E-state index is -0.736. The Labute approximate surface area is 88.6 Å². The standard InChI is InChI=1S/C11H16O2S/c1-7-5-8(2)14-10(7)11(3,4)6-9(12)13/h5H,6H2,1-4H3,(H,12,13). The highest BCUT2D eigenvalue weighted by Crippen LogP contribution is 2.35. The summed E-state index contributed by atoms with van der Waals surface area (Å²) in [6.07, 6.45) is 0.188. The first-order valence-electron chi connectivity index (χ1n) is 4.62. The molecule has 0 aliphatic heterocycles. The zero-order valence-electron chi connectivity index (χ0n) is 9.05. The molecule has 3 heteroatoms. The maximum absolute atomic E-state index is 10.7. The molecular weight excluding hydrogens is 196 g/mol. The minimum Gasteiger partial charge on any atom is -0.481 e. The van der Waals surface area contributed by atoms with Crippen LogP contribution in [0.3, 0.4) is 0 Å². The van der Waals surface area contributed by atoms with E-state index in [9.17, 15) is 4.79 Å². The molecule has 0 fully saturated rings. The first-order valence-corrected chi connectivity index (χ1v) is 5.44. The summed E-state index contributed by atoms with van der Waals surface area (Å²) in [4.78, 5) is 13.1. The molecule has 0 spiro atoms. The van der Waals surface area contributed by atoms with Crippen LogP contribution in [0.2, 0.25) is 0 Å². The number of carboxylic acid groups (broad SMARTS) is 1. The van der Waals surface area contributed by atoms with E-state index in [0.29, 0.717) is 0 Å². The summed E-state index contributed by atoms with van der Waals surface area (Å²) in [5.41, 5.74) is 0.952. The van der Waals surface area contributed by atoms with Gasteiger partial charge in [0.2, 0.25) is 0 Å². The van der Waals surface area contributed by atoms with Gasteiger partial charge in [-0.15, -0.1) is 11.3 Å². The van der Waals surface area contributed by atoms with E-state index < -0.39 is 5.97 Å². The van der Waals surface area contributed by atoms with Crippen molar-refractivity contribution in [3.63, 3.8) is 0 Å². The number of hydrogen-bond donors (Lipinski definition) is 1. The number of thiophene rings is 1. The molecular formula is C11H16O2S. The Balaban J connectivity index is 3.02. The molecule has 0 bridgehead atoms. The fraction of sp³-hybridized carbons (Fsp3) is 0.545. The SMILES string of the molecule is Cc1cc(C)c(C(C)(C)CC(=O)O)s1. The second kappa shape index (κ2) is 3.73. The Morgan fingerprint density at radius 2 is 2.07 bits per heavy atom. The van der Waals surface area contributed by atoms with Gasteiger partial charge in [0.05, 0.1) is 6.42 Å². The monoisotopic (exact) mass is 212 g/mol. The predicted molar refractivity (Wildman–Crippen MR) is 59.1 cm³/mol. The Hall–Kier alpha value is -0.830. The van der Waals surface area contributed by atoms with Gasteiger partial charge < -0.3 is 5.11 Å². The number of aliphatic carboxylic acids is 1. The molecule has 0 saturated heterocycles. The molecule has 0 atom stereocenters. The van der Waals surface area contributed by atoms with Crippen LogP contribution in [0, 0.1) is 13.8 Å². The first-order chi connectivity index (χ1) is 6.33. The average molecular weight is 212 g/mol. The number of rotatable bonds is 3. The van der Waals surface area contributed by atoms with Crippen LogP contribution in [-0.4, -0.2) is 11.1 Å². The van der Waals surface area contributed by atoms with Crippen LogP contribution in [0.5, 0.6) is 0 Å². The molecule has 0 saturated carbocycles.